The Morgan fingerprint density at radius 3 is 1.82 bits per heavy atom. The van der Waals surface area contributed by atoms with E-state index in [2.05, 4.69) is 6.92 Å². The fourth-order valence-corrected chi connectivity index (χ4v) is 4.19. The molecule has 0 radical (unpaired) electrons. The number of ether oxygens (including phenoxy) is 3. The number of aliphatic hydroxyl groups excluding tert-OH is 3. The van der Waals surface area contributed by atoms with Crippen LogP contribution in [0.15, 0.2) is 0 Å². The van der Waals surface area contributed by atoms with Crippen LogP contribution in [0, 0.1) is 0 Å². The minimum Gasteiger partial charge on any atom is -0.394 e. The normalized spacial score (nSPS) is 26.5. The van der Waals surface area contributed by atoms with E-state index in [1.165, 1.54) is 77.0 Å². The van der Waals surface area contributed by atoms with Gasteiger partial charge in [0, 0.05) is 13.2 Å². The summed E-state index contributed by atoms with van der Waals surface area (Å²) in [6, 6.07) is -0.928. The van der Waals surface area contributed by atoms with Crippen LogP contribution in [0.5, 0.6) is 0 Å². The summed E-state index contributed by atoms with van der Waals surface area (Å²) in [5.74, 6) is 0. The molecule has 1 heterocycles. The lowest BCUT2D eigenvalue weighted by molar-refractivity contribution is -0.279. The molecule has 0 amide bonds. The Balaban J connectivity index is 1.98. The number of nitrogens with two attached hydrogens (primary N) is 2. The number of rotatable bonds is 21. The molecular weight excluding hydrogens is 424 g/mol. The van der Waals surface area contributed by atoms with Gasteiger partial charge in [-0.3, -0.25) is 0 Å². The van der Waals surface area contributed by atoms with Gasteiger partial charge >= 0.3 is 0 Å². The molecular formula is C25H52N2O6. The van der Waals surface area contributed by atoms with Crippen LogP contribution in [0.1, 0.15) is 96.8 Å². The molecule has 0 spiro atoms. The highest BCUT2D eigenvalue weighted by Gasteiger charge is 2.43. The van der Waals surface area contributed by atoms with E-state index in [0.717, 1.165) is 12.8 Å². The molecule has 198 valence electrons. The van der Waals surface area contributed by atoms with E-state index < -0.39 is 43.4 Å². The summed E-state index contributed by atoms with van der Waals surface area (Å²) in [6.45, 7) is 3.00. The summed E-state index contributed by atoms with van der Waals surface area (Å²) in [5.41, 5.74) is 11.7. The van der Waals surface area contributed by atoms with Crippen molar-refractivity contribution in [3.8, 4) is 0 Å². The Kier molecular flexibility index (Phi) is 18.5. The lowest BCUT2D eigenvalue weighted by atomic mass is 9.98. The van der Waals surface area contributed by atoms with Gasteiger partial charge in [0.25, 0.3) is 0 Å². The molecule has 1 rings (SSSR count). The van der Waals surface area contributed by atoms with Gasteiger partial charge < -0.3 is 41.0 Å². The summed E-state index contributed by atoms with van der Waals surface area (Å²) >= 11 is 0. The highest BCUT2D eigenvalue weighted by Crippen LogP contribution is 2.21. The fourth-order valence-electron chi connectivity index (χ4n) is 4.19. The van der Waals surface area contributed by atoms with Crippen LogP contribution in [0.25, 0.3) is 0 Å². The molecule has 1 aliphatic rings. The highest BCUT2D eigenvalue weighted by atomic mass is 16.7. The van der Waals surface area contributed by atoms with Crippen molar-refractivity contribution in [2.75, 3.05) is 26.4 Å². The van der Waals surface area contributed by atoms with Crippen LogP contribution in [0.2, 0.25) is 0 Å². The molecule has 8 nitrogen and oxygen atoms in total. The van der Waals surface area contributed by atoms with E-state index in [4.69, 9.17) is 25.7 Å². The fraction of sp³-hybridized carbons (Fsp3) is 1.00. The zero-order valence-electron chi connectivity index (χ0n) is 20.9. The molecule has 1 fully saturated rings. The van der Waals surface area contributed by atoms with Crippen LogP contribution < -0.4 is 11.5 Å². The third kappa shape index (κ3) is 13.4. The van der Waals surface area contributed by atoms with Crippen molar-refractivity contribution < 1.29 is 29.5 Å². The summed E-state index contributed by atoms with van der Waals surface area (Å²) in [6.07, 6.45) is 13.7. The quantitative estimate of drug-likeness (QED) is 0.159. The van der Waals surface area contributed by atoms with Crippen molar-refractivity contribution in [3.63, 3.8) is 0 Å². The number of hydrogen-bond donors (Lipinski definition) is 5. The maximum absolute atomic E-state index is 10.0. The standard InChI is InChI=1S/C25H52N2O6/c1-2-3-4-5-6-7-8-9-10-11-12-13-14-15-16-31-19-20(17-26)32-25-22(27)24(30)23(29)21(18-28)33-25/h20-25,28-30H,2-19,26-27H2,1H3/t20-,21?,22?,23+,24+,25+/m0/s1. The van der Waals surface area contributed by atoms with Gasteiger partial charge in [0.1, 0.15) is 18.3 Å². The van der Waals surface area contributed by atoms with Crippen molar-refractivity contribution in [2.45, 2.75) is 134 Å². The largest absolute Gasteiger partial charge is 0.394 e. The van der Waals surface area contributed by atoms with Crippen LogP contribution in [0.3, 0.4) is 0 Å². The molecule has 33 heavy (non-hydrogen) atoms. The Morgan fingerprint density at radius 1 is 0.818 bits per heavy atom. The molecule has 0 bridgehead atoms. The van der Waals surface area contributed by atoms with Crippen molar-refractivity contribution in [1.29, 1.82) is 0 Å². The molecule has 0 saturated carbocycles. The Bertz CT molecular complexity index is 443. The first kappa shape index (κ1) is 30.7. The first-order valence-electron chi connectivity index (χ1n) is 13.4. The number of unbranched alkanes of at least 4 members (excludes halogenated alkanes) is 13. The number of hydrogen-bond acceptors (Lipinski definition) is 8. The molecule has 0 aliphatic carbocycles. The van der Waals surface area contributed by atoms with E-state index >= 15 is 0 Å². The van der Waals surface area contributed by atoms with Gasteiger partial charge in [-0.1, -0.05) is 90.4 Å². The Morgan fingerprint density at radius 2 is 1.33 bits per heavy atom. The SMILES string of the molecule is CCCCCCCCCCCCCCCCOC[C@H](CN)O[C@@H]1OC(CO)[C@@H](O)[C@H](O)C1N. The first-order chi connectivity index (χ1) is 16.0. The van der Waals surface area contributed by atoms with Gasteiger partial charge in [0.05, 0.1) is 25.4 Å². The second-order valence-corrected chi connectivity index (χ2v) is 9.45. The maximum atomic E-state index is 10.0. The van der Waals surface area contributed by atoms with Gasteiger partial charge in [-0.15, -0.1) is 0 Å². The van der Waals surface area contributed by atoms with Crippen molar-refractivity contribution >= 4 is 0 Å². The lowest BCUT2D eigenvalue weighted by Gasteiger charge is -2.41. The summed E-state index contributed by atoms with van der Waals surface area (Å²) < 4.78 is 16.9. The molecule has 6 atom stereocenters. The van der Waals surface area contributed by atoms with E-state index in [-0.39, 0.29) is 6.54 Å². The Labute approximate surface area is 201 Å². The van der Waals surface area contributed by atoms with Crippen molar-refractivity contribution in [3.05, 3.63) is 0 Å². The molecule has 0 aromatic carbocycles. The lowest BCUT2D eigenvalue weighted by Crippen LogP contribution is -2.63. The second kappa shape index (κ2) is 19.9. The molecule has 2 unspecified atom stereocenters. The smallest absolute Gasteiger partial charge is 0.176 e. The third-order valence-corrected chi connectivity index (χ3v) is 6.46. The predicted molar refractivity (Wildman–Crippen MR) is 131 cm³/mol. The maximum Gasteiger partial charge on any atom is 0.176 e. The topological polar surface area (TPSA) is 140 Å². The van der Waals surface area contributed by atoms with Gasteiger partial charge in [0.15, 0.2) is 6.29 Å². The molecule has 0 aromatic rings. The average Bonchev–Trinajstić information content (AvgIpc) is 2.82. The molecule has 1 aliphatic heterocycles. The van der Waals surface area contributed by atoms with Crippen molar-refractivity contribution in [1.82, 2.24) is 0 Å². The Hall–Kier alpha value is -0.320. The second-order valence-electron chi connectivity index (χ2n) is 9.45. The highest BCUT2D eigenvalue weighted by molar-refractivity contribution is 4.91. The third-order valence-electron chi connectivity index (χ3n) is 6.46. The van der Waals surface area contributed by atoms with Crippen molar-refractivity contribution in [2.24, 2.45) is 11.5 Å². The monoisotopic (exact) mass is 476 g/mol. The van der Waals surface area contributed by atoms with Gasteiger partial charge in [-0.25, -0.2) is 0 Å². The summed E-state index contributed by atoms with van der Waals surface area (Å²) in [5, 5.41) is 29.2. The van der Waals surface area contributed by atoms with Gasteiger partial charge in [-0.2, -0.15) is 0 Å². The van der Waals surface area contributed by atoms with E-state index in [1.54, 1.807) is 0 Å². The van der Waals surface area contributed by atoms with Crippen LogP contribution in [-0.4, -0.2) is 78.4 Å². The average molecular weight is 477 g/mol. The minimum absolute atomic E-state index is 0.216. The van der Waals surface area contributed by atoms with E-state index in [1.807, 2.05) is 0 Å². The van der Waals surface area contributed by atoms with Crippen LogP contribution in [-0.2, 0) is 14.2 Å². The number of aliphatic hydroxyl groups is 3. The van der Waals surface area contributed by atoms with E-state index in [9.17, 15) is 15.3 Å². The first-order valence-corrected chi connectivity index (χ1v) is 13.4. The molecule has 1 saturated heterocycles. The predicted octanol–water partition coefficient (Wildman–Crippen LogP) is 2.59. The minimum atomic E-state index is -1.25. The zero-order valence-corrected chi connectivity index (χ0v) is 20.9. The van der Waals surface area contributed by atoms with E-state index in [0.29, 0.717) is 13.2 Å². The van der Waals surface area contributed by atoms with Crippen LogP contribution in [0.4, 0.5) is 0 Å². The van der Waals surface area contributed by atoms with Gasteiger partial charge in [-0.05, 0) is 6.42 Å². The molecule has 7 N–H and O–H groups in total. The van der Waals surface area contributed by atoms with Gasteiger partial charge in [0.2, 0.25) is 0 Å². The summed E-state index contributed by atoms with van der Waals surface area (Å²) in [7, 11) is 0. The summed E-state index contributed by atoms with van der Waals surface area (Å²) in [4.78, 5) is 0. The molecule has 8 heteroatoms. The molecule has 0 aromatic heterocycles. The van der Waals surface area contributed by atoms with Crippen LogP contribution >= 0.6 is 0 Å². The zero-order chi connectivity index (χ0) is 24.3.